The molecule has 2 aromatic carbocycles. The van der Waals surface area contributed by atoms with Crippen LogP contribution in [0.2, 0.25) is 0 Å². The van der Waals surface area contributed by atoms with Crippen LogP contribution in [0.4, 0.5) is 0 Å². The van der Waals surface area contributed by atoms with Crippen molar-refractivity contribution in [2.24, 2.45) is 5.73 Å². The Morgan fingerprint density at radius 1 is 0.774 bits per heavy atom. The summed E-state index contributed by atoms with van der Waals surface area (Å²) < 4.78 is 10.3. The van der Waals surface area contributed by atoms with Gasteiger partial charge in [-0.2, -0.15) is 10.2 Å². The molecule has 276 valence electrons. The van der Waals surface area contributed by atoms with Crippen molar-refractivity contribution in [3.8, 4) is 22.8 Å². The van der Waals surface area contributed by atoms with Gasteiger partial charge in [-0.15, -0.1) is 0 Å². The second-order valence-electron chi connectivity index (χ2n) is 15.9. The predicted octanol–water partition coefficient (Wildman–Crippen LogP) is 5.73. The molecule has 0 saturated carbocycles. The average molecular weight is 719 g/mol. The fraction of sp³-hybridized carbons (Fsp3) is 0.400. The number of nitrogens with zero attached hydrogens (tertiary/aromatic N) is 2. The van der Waals surface area contributed by atoms with Crippen molar-refractivity contribution in [3.63, 3.8) is 0 Å². The third kappa shape index (κ3) is 6.42. The van der Waals surface area contributed by atoms with Gasteiger partial charge in [-0.05, 0) is 84.0 Å². The molecule has 2 aliphatic heterocycles. The fourth-order valence-electron chi connectivity index (χ4n) is 8.36. The molecule has 13 heteroatoms. The van der Waals surface area contributed by atoms with Crippen molar-refractivity contribution in [1.29, 1.82) is 0 Å². The van der Waals surface area contributed by atoms with E-state index >= 15 is 0 Å². The number of carbonyl (C=O) groups excluding carboxylic acids is 1. The molecule has 1 amide bonds. The number of amides is 1. The van der Waals surface area contributed by atoms with Gasteiger partial charge >= 0.3 is 5.97 Å². The number of nitrogens with two attached hydrogens (primary N) is 1. The zero-order valence-corrected chi connectivity index (χ0v) is 30.5. The first-order valence-corrected chi connectivity index (χ1v) is 18.2. The maximum atomic E-state index is 12.7. The van der Waals surface area contributed by atoms with E-state index in [-0.39, 0.29) is 22.8 Å². The Bertz CT molecular complexity index is 2330. The van der Waals surface area contributed by atoms with Crippen LogP contribution in [-0.4, -0.2) is 85.9 Å². The summed E-state index contributed by atoms with van der Waals surface area (Å²) in [5.41, 5.74) is 17.3. The SMILES string of the molecule is CC1(C)Cc2cn[nH]c2-c2[nH]c3ccc(C(=O)N[C@H]4CCOC4)cc3c21.CC1(C)Cc2cn[nH]c2-c2[nH]c3ccc(C(=O)O)cc3c21.N[C@H]1CCOC1. The van der Waals surface area contributed by atoms with Gasteiger partial charge in [0.25, 0.3) is 5.91 Å². The fourth-order valence-corrected chi connectivity index (χ4v) is 8.36. The highest BCUT2D eigenvalue weighted by Crippen LogP contribution is 2.47. The van der Waals surface area contributed by atoms with Gasteiger partial charge in [0, 0.05) is 57.8 Å². The smallest absolute Gasteiger partial charge is 0.335 e. The molecule has 6 heterocycles. The van der Waals surface area contributed by atoms with Gasteiger partial charge in [0.2, 0.25) is 0 Å². The Balaban J connectivity index is 0.000000133. The lowest BCUT2D eigenvalue weighted by Gasteiger charge is -2.30. The van der Waals surface area contributed by atoms with E-state index in [2.05, 4.69) is 63.4 Å². The van der Waals surface area contributed by atoms with E-state index in [0.717, 1.165) is 95.6 Å². The largest absolute Gasteiger partial charge is 0.478 e. The molecule has 4 aliphatic rings. The summed E-state index contributed by atoms with van der Waals surface area (Å²) >= 11 is 0. The molecule has 53 heavy (non-hydrogen) atoms. The van der Waals surface area contributed by atoms with Gasteiger partial charge in [-0.1, -0.05) is 27.7 Å². The van der Waals surface area contributed by atoms with Crippen LogP contribution in [0.1, 0.15) is 83.5 Å². The van der Waals surface area contributed by atoms with Crippen molar-refractivity contribution >= 4 is 33.7 Å². The molecule has 10 rings (SSSR count). The summed E-state index contributed by atoms with van der Waals surface area (Å²) in [6.45, 7) is 11.8. The summed E-state index contributed by atoms with van der Waals surface area (Å²) in [6, 6.07) is 11.6. The van der Waals surface area contributed by atoms with E-state index in [4.69, 9.17) is 15.2 Å². The van der Waals surface area contributed by atoms with E-state index in [1.165, 1.54) is 16.7 Å². The molecule has 8 N–H and O–H groups in total. The van der Waals surface area contributed by atoms with Crippen LogP contribution in [0.5, 0.6) is 0 Å². The lowest BCUT2D eigenvalue weighted by atomic mass is 9.73. The average Bonchev–Trinajstić information content (AvgIpc) is 3.96. The molecule has 2 fully saturated rings. The maximum Gasteiger partial charge on any atom is 0.335 e. The second kappa shape index (κ2) is 13.3. The van der Waals surface area contributed by atoms with E-state index < -0.39 is 5.97 Å². The Kier molecular flexibility index (Phi) is 8.75. The minimum absolute atomic E-state index is 0.0289. The highest BCUT2D eigenvalue weighted by atomic mass is 16.5. The lowest BCUT2D eigenvalue weighted by Crippen LogP contribution is -2.35. The molecule has 0 unspecified atom stereocenters. The number of H-pyrrole nitrogens is 4. The van der Waals surface area contributed by atoms with Crippen LogP contribution in [-0.2, 0) is 33.1 Å². The minimum atomic E-state index is -0.900. The number of aromatic carboxylic acids is 1. The highest BCUT2D eigenvalue weighted by Gasteiger charge is 2.37. The predicted molar refractivity (Wildman–Crippen MR) is 202 cm³/mol. The number of aromatic amines is 4. The first-order chi connectivity index (χ1) is 25.4. The van der Waals surface area contributed by atoms with Gasteiger partial charge in [0.1, 0.15) is 0 Å². The topological polar surface area (TPSA) is 200 Å². The summed E-state index contributed by atoms with van der Waals surface area (Å²) in [5.74, 6) is -0.934. The summed E-state index contributed by atoms with van der Waals surface area (Å²) in [5, 5.41) is 28.9. The van der Waals surface area contributed by atoms with Crippen LogP contribution in [0.15, 0.2) is 48.8 Å². The first kappa shape index (κ1) is 34.8. The number of ether oxygens (including phenoxy) is 2. The number of benzene rings is 2. The summed E-state index contributed by atoms with van der Waals surface area (Å²) in [6.07, 6.45) is 7.51. The Labute approximate surface area is 306 Å². The molecule has 6 aromatic rings. The zero-order chi connectivity index (χ0) is 37.1. The molecule has 2 saturated heterocycles. The maximum absolute atomic E-state index is 12.7. The number of hydrogen-bond acceptors (Lipinski definition) is 7. The van der Waals surface area contributed by atoms with Crippen molar-refractivity contribution in [2.75, 3.05) is 26.4 Å². The number of carboxylic acids is 1. The number of carbonyl (C=O) groups is 2. The number of nitrogens with one attached hydrogen (secondary N) is 5. The van der Waals surface area contributed by atoms with Crippen molar-refractivity contribution < 1.29 is 24.2 Å². The lowest BCUT2D eigenvalue weighted by molar-refractivity contribution is 0.0696. The Hall–Kier alpha value is -5.24. The van der Waals surface area contributed by atoms with E-state index in [1.807, 2.05) is 36.7 Å². The van der Waals surface area contributed by atoms with E-state index in [9.17, 15) is 14.7 Å². The van der Waals surface area contributed by atoms with Crippen molar-refractivity contribution in [1.82, 2.24) is 35.7 Å². The molecular weight excluding hydrogens is 672 g/mol. The summed E-state index contributed by atoms with van der Waals surface area (Å²) in [4.78, 5) is 30.8. The third-order valence-corrected chi connectivity index (χ3v) is 10.9. The molecule has 0 bridgehead atoms. The molecular formula is C40H46N8O5. The summed E-state index contributed by atoms with van der Waals surface area (Å²) in [7, 11) is 0. The van der Waals surface area contributed by atoms with Gasteiger partial charge < -0.3 is 35.6 Å². The standard InChI is InChI=1S/C20H22N4O2.C16H15N3O2.C4H9NO/c1-20(2)8-12-9-21-24-17(12)18-16(20)14-7-11(3-4-15(14)23-18)19(25)22-13-5-6-26-10-13;1-16(2)6-9-7-17-19-13(9)14-12(16)10-5-8(15(20)21)3-4-11(10)18-14;5-4-1-2-6-3-4/h3-4,7,9,13,23H,5-6,8,10H2,1-2H3,(H,21,24)(H,22,25);3-5,7,18H,6H2,1-2H3,(H,17,19)(H,20,21);4H,1-3,5H2/t13-;;4-/m0.0/s1. The number of rotatable bonds is 3. The normalized spacial score (nSPS) is 20.3. The van der Waals surface area contributed by atoms with Gasteiger partial charge in [0.05, 0.1) is 60.0 Å². The van der Waals surface area contributed by atoms with E-state index in [0.29, 0.717) is 23.8 Å². The van der Waals surface area contributed by atoms with Crippen LogP contribution in [0, 0.1) is 0 Å². The third-order valence-electron chi connectivity index (χ3n) is 10.9. The molecule has 13 nitrogen and oxygen atoms in total. The molecule has 0 radical (unpaired) electrons. The molecule has 4 aromatic heterocycles. The molecule has 2 aliphatic carbocycles. The van der Waals surface area contributed by atoms with Crippen LogP contribution >= 0.6 is 0 Å². The first-order valence-electron chi connectivity index (χ1n) is 18.2. The van der Waals surface area contributed by atoms with Crippen LogP contribution < -0.4 is 11.1 Å². The van der Waals surface area contributed by atoms with Crippen LogP contribution in [0.25, 0.3) is 44.6 Å². The van der Waals surface area contributed by atoms with Crippen molar-refractivity contribution in [2.45, 2.75) is 76.3 Å². The number of hydrogen-bond donors (Lipinski definition) is 7. The van der Waals surface area contributed by atoms with Gasteiger partial charge in [-0.25, -0.2) is 4.79 Å². The van der Waals surface area contributed by atoms with Gasteiger partial charge in [0.15, 0.2) is 0 Å². The number of aromatic nitrogens is 6. The van der Waals surface area contributed by atoms with E-state index in [1.54, 1.807) is 12.1 Å². The number of carboxylic acid groups (broad SMARTS) is 1. The number of fused-ring (bicyclic) bond motifs is 10. The molecule has 0 spiro atoms. The second-order valence-corrected chi connectivity index (χ2v) is 15.9. The van der Waals surface area contributed by atoms with Crippen molar-refractivity contribution in [3.05, 3.63) is 82.2 Å². The zero-order valence-electron chi connectivity index (χ0n) is 30.5. The highest BCUT2D eigenvalue weighted by molar-refractivity contribution is 6.01. The molecule has 2 atom stereocenters. The minimum Gasteiger partial charge on any atom is -0.478 e. The Morgan fingerprint density at radius 3 is 1.77 bits per heavy atom. The van der Waals surface area contributed by atoms with Gasteiger partial charge in [-0.3, -0.25) is 15.0 Å². The van der Waals surface area contributed by atoms with Crippen LogP contribution in [0.3, 0.4) is 0 Å². The quantitative estimate of drug-likeness (QED) is 0.120. The monoisotopic (exact) mass is 718 g/mol. The Morgan fingerprint density at radius 2 is 1.30 bits per heavy atom.